The van der Waals surface area contributed by atoms with E-state index in [9.17, 15) is 23.1 Å². The third-order valence-corrected chi connectivity index (χ3v) is 5.76. The highest BCUT2D eigenvalue weighted by molar-refractivity contribution is 6.32. The number of hydrogen-bond donors (Lipinski definition) is 2. The highest BCUT2D eigenvalue weighted by Crippen LogP contribution is 2.40. The van der Waals surface area contributed by atoms with E-state index in [0.717, 1.165) is 4.90 Å². The molecule has 0 amide bonds. The standard InChI is InChI=1S/C23H21ClF3NO5/c1-12-9-28(10-13(2)31-12)11-15-17(29)8-7-14-19(30)21(22(23(25,26)27)33-20(14)15)32-18-6-4-3-5-16(18)24/h3-8,12-13,29H,9-11H2,1-2H3/p+1/t12-,13-/m1/s1. The second kappa shape index (κ2) is 8.89. The second-order valence-electron chi connectivity index (χ2n) is 8.15. The molecule has 176 valence electrons. The van der Waals surface area contributed by atoms with Crippen LogP contribution in [0.15, 0.2) is 45.6 Å². The molecule has 1 aliphatic heterocycles. The van der Waals surface area contributed by atoms with E-state index in [2.05, 4.69) is 0 Å². The van der Waals surface area contributed by atoms with E-state index in [4.69, 9.17) is 25.5 Å². The van der Waals surface area contributed by atoms with Gasteiger partial charge >= 0.3 is 6.18 Å². The first-order valence-corrected chi connectivity index (χ1v) is 10.7. The molecule has 0 saturated carbocycles. The minimum Gasteiger partial charge on any atom is -0.507 e. The zero-order valence-electron chi connectivity index (χ0n) is 17.8. The van der Waals surface area contributed by atoms with E-state index in [1.54, 1.807) is 6.07 Å². The van der Waals surface area contributed by atoms with Crippen LogP contribution in [-0.4, -0.2) is 30.4 Å². The van der Waals surface area contributed by atoms with Gasteiger partial charge in [0.25, 0.3) is 5.76 Å². The lowest BCUT2D eigenvalue weighted by Crippen LogP contribution is -3.14. The Morgan fingerprint density at radius 2 is 1.82 bits per heavy atom. The SMILES string of the molecule is C[C@@H]1C[NH+](Cc2c(O)ccc3c(=O)c(Oc4ccccc4Cl)c(C(F)(F)F)oc23)C[C@@H](C)O1. The van der Waals surface area contributed by atoms with Gasteiger partial charge in [-0.1, -0.05) is 23.7 Å². The van der Waals surface area contributed by atoms with Gasteiger partial charge in [-0.15, -0.1) is 0 Å². The van der Waals surface area contributed by atoms with Crippen LogP contribution in [0.5, 0.6) is 17.2 Å². The third-order valence-electron chi connectivity index (χ3n) is 5.45. The number of phenols is 1. The molecule has 2 N–H and O–H groups in total. The Kier molecular flexibility index (Phi) is 6.30. The first-order chi connectivity index (χ1) is 15.5. The number of ether oxygens (including phenoxy) is 2. The van der Waals surface area contributed by atoms with Crippen molar-refractivity contribution in [3.63, 3.8) is 0 Å². The molecule has 1 fully saturated rings. The molecule has 2 atom stereocenters. The number of hydrogen-bond acceptors (Lipinski definition) is 5. The summed E-state index contributed by atoms with van der Waals surface area (Å²) >= 11 is 6.00. The number of rotatable bonds is 4. The van der Waals surface area contributed by atoms with Crippen molar-refractivity contribution in [3.05, 3.63) is 63.0 Å². The lowest BCUT2D eigenvalue weighted by molar-refractivity contribution is -0.928. The van der Waals surface area contributed by atoms with Gasteiger partial charge in [0.2, 0.25) is 11.2 Å². The van der Waals surface area contributed by atoms with Crippen LogP contribution in [-0.2, 0) is 17.5 Å². The summed E-state index contributed by atoms with van der Waals surface area (Å²) in [5.41, 5.74) is -1.21. The lowest BCUT2D eigenvalue weighted by Gasteiger charge is -2.32. The normalized spacial score (nSPS) is 21.3. The van der Waals surface area contributed by atoms with Crippen LogP contribution in [0.25, 0.3) is 11.0 Å². The molecule has 1 aromatic heterocycles. The summed E-state index contributed by atoms with van der Waals surface area (Å²) in [4.78, 5) is 14.1. The molecular weight excluding hydrogens is 463 g/mol. The maximum absolute atomic E-state index is 13.9. The monoisotopic (exact) mass is 484 g/mol. The van der Waals surface area contributed by atoms with Gasteiger partial charge in [-0.25, -0.2) is 0 Å². The Bertz CT molecular complexity index is 1230. The Hall–Kier alpha value is -2.75. The molecule has 33 heavy (non-hydrogen) atoms. The first kappa shape index (κ1) is 23.4. The van der Waals surface area contributed by atoms with Crippen LogP contribution in [0.3, 0.4) is 0 Å². The fourth-order valence-corrected chi connectivity index (χ4v) is 4.33. The number of fused-ring (bicyclic) bond motifs is 1. The van der Waals surface area contributed by atoms with Crippen LogP contribution in [0, 0.1) is 0 Å². The molecule has 1 aliphatic rings. The van der Waals surface area contributed by atoms with Gasteiger partial charge in [0.1, 0.15) is 43.3 Å². The Morgan fingerprint density at radius 3 is 2.45 bits per heavy atom. The summed E-state index contributed by atoms with van der Waals surface area (Å²) in [5.74, 6) is -2.97. The number of para-hydroxylation sites is 1. The highest BCUT2D eigenvalue weighted by Gasteiger charge is 2.41. The number of aromatic hydroxyl groups is 1. The smallest absolute Gasteiger partial charge is 0.453 e. The van der Waals surface area contributed by atoms with Gasteiger partial charge in [0, 0.05) is 0 Å². The van der Waals surface area contributed by atoms with Gasteiger partial charge in [0.15, 0.2) is 5.58 Å². The lowest BCUT2D eigenvalue weighted by atomic mass is 10.1. The van der Waals surface area contributed by atoms with Crippen LogP contribution in [0.4, 0.5) is 13.2 Å². The van der Waals surface area contributed by atoms with E-state index < -0.39 is 23.1 Å². The zero-order valence-corrected chi connectivity index (χ0v) is 18.6. The molecule has 0 radical (unpaired) electrons. The van der Waals surface area contributed by atoms with E-state index in [-0.39, 0.29) is 51.8 Å². The number of nitrogens with one attached hydrogen (secondary N) is 1. The highest BCUT2D eigenvalue weighted by atomic mass is 35.5. The Morgan fingerprint density at radius 1 is 1.15 bits per heavy atom. The van der Waals surface area contributed by atoms with Crippen molar-refractivity contribution in [2.45, 2.75) is 38.8 Å². The van der Waals surface area contributed by atoms with Crippen LogP contribution >= 0.6 is 11.6 Å². The first-order valence-electron chi connectivity index (χ1n) is 10.3. The van der Waals surface area contributed by atoms with E-state index in [1.807, 2.05) is 13.8 Å². The molecule has 10 heteroatoms. The third kappa shape index (κ3) is 4.80. The number of quaternary nitrogens is 1. The van der Waals surface area contributed by atoms with Crippen molar-refractivity contribution in [1.82, 2.24) is 0 Å². The predicted molar refractivity (Wildman–Crippen MR) is 115 cm³/mol. The molecule has 1 saturated heterocycles. The molecule has 0 unspecified atom stereocenters. The van der Waals surface area contributed by atoms with Gasteiger partial charge in [0.05, 0.1) is 16.0 Å². The molecule has 3 aromatic rings. The molecule has 0 spiro atoms. The van der Waals surface area contributed by atoms with Gasteiger partial charge in [-0.3, -0.25) is 4.79 Å². The number of alkyl halides is 3. The van der Waals surface area contributed by atoms with E-state index in [1.165, 1.54) is 30.3 Å². The van der Waals surface area contributed by atoms with Crippen molar-refractivity contribution >= 4 is 22.6 Å². The van der Waals surface area contributed by atoms with Crippen molar-refractivity contribution in [2.75, 3.05) is 13.1 Å². The Labute approximate surface area is 192 Å². The van der Waals surface area contributed by atoms with Gasteiger partial charge in [-0.2, -0.15) is 13.2 Å². The fourth-order valence-electron chi connectivity index (χ4n) is 4.16. The fraction of sp³-hybridized carbons (Fsp3) is 0.348. The van der Waals surface area contributed by atoms with Crippen LogP contribution < -0.4 is 15.1 Å². The average Bonchev–Trinajstić information content (AvgIpc) is 2.72. The molecule has 2 heterocycles. The second-order valence-corrected chi connectivity index (χ2v) is 8.56. The van der Waals surface area contributed by atoms with E-state index >= 15 is 0 Å². The number of halogens is 4. The van der Waals surface area contributed by atoms with E-state index in [0.29, 0.717) is 13.1 Å². The maximum atomic E-state index is 13.9. The molecule has 0 bridgehead atoms. The quantitative estimate of drug-likeness (QED) is 0.582. The topological polar surface area (TPSA) is 73.3 Å². The summed E-state index contributed by atoms with van der Waals surface area (Å²) < 4.78 is 58.0. The van der Waals surface area contributed by atoms with Gasteiger partial charge in [-0.05, 0) is 38.1 Å². The molecular formula is C23H22ClF3NO5+. The minimum atomic E-state index is -5.03. The number of morpholine rings is 1. The van der Waals surface area contributed by atoms with Crippen molar-refractivity contribution in [3.8, 4) is 17.2 Å². The Balaban J connectivity index is 1.87. The van der Waals surface area contributed by atoms with Crippen molar-refractivity contribution in [1.29, 1.82) is 0 Å². The zero-order chi connectivity index (χ0) is 23.9. The molecule has 2 aromatic carbocycles. The van der Waals surface area contributed by atoms with Crippen molar-refractivity contribution < 1.29 is 37.1 Å². The van der Waals surface area contributed by atoms with Crippen molar-refractivity contribution in [2.24, 2.45) is 0 Å². The molecule has 6 nitrogen and oxygen atoms in total. The minimum absolute atomic E-state index is 0.0377. The summed E-state index contributed by atoms with van der Waals surface area (Å²) in [6.07, 6.45) is -5.15. The average molecular weight is 485 g/mol. The van der Waals surface area contributed by atoms with Crippen LogP contribution in [0.2, 0.25) is 5.02 Å². The van der Waals surface area contributed by atoms with Crippen LogP contribution in [0.1, 0.15) is 25.2 Å². The largest absolute Gasteiger partial charge is 0.507 e. The maximum Gasteiger partial charge on any atom is 0.453 e. The van der Waals surface area contributed by atoms with Gasteiger partial charge < -0.3 is 23.9 Å². The predicted octanol–water partition coefficient (Wildman–Crippen LogP) is 4.16. The number of benzene rings is 2. The summed E-state index contributed by atoms with van der Waals surface area (Å²) in [7, 11) is 0. The molecule has 0 aliphatic carbocycles. The number of phenolic OH excluding ortho intramolecular Hbond substituents is 1. The summed E-state index contributed by atoms with van der Waals surface area (Å²) in [5, 5.41) is 10.4. The summed E-state index contributed by atoms with van der Waals surface area (Å²) in [6, 6.07) is 8.36. The molecule has 4 rings (SSSR count). The summed E-state index contributed by atoms with van der Waals surface area (Å²) in [6.45, 7) is 5.14.